The summed E-state index contributed by atoms with van der Waals surface area (Å²) in [6, 6.07) is 29.2. The zero-order valence-corrected chi connectivity index (χ0v) is 29.5. The highest BCUT2D eigenvalue weighted by Crippen LogP contribution is 2.38. The summed E-state index contributed by atoms with van der Waals surface area (Å²) in [5.74, 6) is 0. The van der Waals surface area contributed by atoms with Crippen molar-refractivity contribution < 1.29 is 0 Å². The number of para-hydroxylation sites is 2. The van der Waals surface area contributed by atoms with Gasteiger partial charge in [0.2, 0.25) is 0 Å². The fourth-order valence-corrected chi connectivity index (χ4v) is 6.73. The normalized spacial score (nSPS) is 16.6. The summed E-state index contributed by atoms with van der Waals surface area (Å²) in [4.78, 5) is 25.6. The molecule has 0 bridgehead atoms. The summed E-state index contributed by atoms with van der Waals surface area (Å²) >= 11 is 0. The largest absolute Gasteiger partial charge is 0.372 e. The molecular weight excluding hydrogens is 589 g/mol. The third-order valence-corrected chi connectivity index (χ3v) is 9.02. The quantitative estimate of drug-likeness (QED) is 0.189. The molecule has 0 aliphatic carbocycles. The Morgan fingerprint density at radius 3 is 1.75 bits per heavy atom. The van der Waals surface area contributed by atoms with Crippen molar-refractivity contribution in [2.75, 3.05) is 5.32 Å². The van der Waals surface area contributed by atoms with Gasteiger partial charge in [-0.2, -0.15) is 0 Å². The number of rotatable bonds is 6. The molecule has 0 fully saturated rings. The van der Waals surface area contributed by atoms with Gasteiger partial charge in [0.25, 0.3) is 0 Å². The second kappa shape index (κ2) is 13.1. The molecule has 242 valence electrons. The zero-order valence-electron chi connectivity index (χ0n) is 29.5. The highest BCUT2D eigenvalue weighted by Gasteiger charge is 2.34. The van der Waals surface area contributed by atoms with Crippen molar-refractivity contribution in [2.45, 2.75) is 74.3 Å². The van der Waals surface area contributed by atoms with Gasteiger partial charge in [0.15, 0.2) is 0 Å². The molecule has 0 saturated carbocycles. The smallest absolute Gasteiger partial charge is 0.0865 e. The van der Waals surface area contributed by atoms with Crippen LogP contribution >= 0.6 is 0 Å². The van der Waals surface area contributed by atoms with Crippen LogP contribution in [-0.4, -0.2) is 27.1 Å². The highest BCUT2D eigenvalue weighted by atomic mass is 15.0. The summed E-state index contributed by atoms with van der Waals surface area (Å²) in [5, 5.41) is 3.81. The molecule has 1 aliphatic heterocycles. The van der Waals surface area contributed by atoms with Gasteiger partial charge >= 0.3 is 0 Å². The van der Waals surface area contributed by atoms with Gasteiger partial charge in [-0.3, -0.25) is 9.98 Å². The van der Waals surface area contributed by atoms with Crippen molar-refractivity contribution in [3.63, 3.8) is 0 Å². The van der Waals surface area contributed by atoms with Gasteiger partial charge in [0.1, 0.15) is 0 Å². The molecule has 6 nitrogen and oxygen atoms in total. The Balaban J connectivity index is 1.39. The molecule has 0 amide bonds. The number of aryl methyl sites for hydroxylation is 6. The van der Waals surface area contributed by atoms with Gasteiger partial charge in [0, 0.05) is 6.42 Å². The van der Waals surface area contributed by atoms with Crippen molar-refractivity contribution in [3.05, 3.63) is 141 Å². The van der Waals surface area contributed by atoms with Crippen LogP contribution in [-0.2, 0) is 5.54 Å². The van der Waals surface area contributed by atoms with Crippen molar-refractivity contribution in [3.8, 4) is 0 Å². The lowest BCUT2D eigenvalue weighted by atomic mass is 9.88. The fraction of sp³-hybridized carbons (Fsp3) is 0.262. The predicted octanol–water partition coefficient (Wildman–Crippen LogP) is 10.5. The van der Waals surface area contributed by atoms with E-state index in [0.29, 0.717) is 6.42 Å². The maximum absolute atomic E-state index is 5.21. The van der Waals surface area contributed by atoms with Gasteiger partial charge < -0.3 is 5.32 Å². The number of pyridine rings is 2. The number of anilines is 1. The number of hydrogen-bond acceptors (Lipinski definition) is 6. The fourth-order valence-electron chi connectivity index (χ4n) is 6.73. The number of nitrogens with one attached hydrogen (secondary N) is 1. The Morgan fingerprint density at radius 2 is 1.17 bits per heavy atom. The molecule has 6 heteroatoms. The molecule has 1 atom stereocenters. The van der Waals surface area contributed by atoms with Gasteiger partial charge in [-0.05, 0) is 121 Å². The van der Waals surface area contributed by atoms with E-state index < -0.39 is 5.54 Å². The Labute approximate surface area is 284 Å². The molecule has 3 heterocycles. The van der Waals surface area contributed by atoms with E-state index in [0.717, 1.165) is 84.9 Å². The van der Waals surface area contributed by atoms with E-state index in [-0.39, 0.29) is 0 Å². The molecule has 1 aliphatic rings. The van der Waals surface area contributed by atoms with E-state index in [1.54, 1.807) is 0 Å². The van der Waals surface area contributed by atoms with Crippen LogP contribution in [0, 0.1) is 41.5 Å². The first-order valence-corrected chi connectivity index (χ1v) is 16.6. The number of nitrogens with zero attached hydrogens (tertiary/aromatic N) is 5. The van der Waals surface area contributed by atoms with E-state index in [1.165, 1.54) is 11.1 Å². The van der Waals surface area contributed by atoms with Gasteiger partial charge in [-0.15, -0.1) is 0 Å². The van der Waals surface area contributed by atoms with Crippen LogP contribution in [0.15, 0.2) is 99.9 Å². The molecule has 2 aromatic heterocycles. The molecule has 3 aromatic carbocycles. The van der Waals surface area contributed by atoms with Crippen LogP contribution in [0.25, 0.3) is 0 Å². The molecule has 1 unspecified atom stereocenters. The number of aromatic nitrogens is 2. The summed E-state index contributed by atoms with van der Waals surface area (Å²) in [5.41, 5.74) is 16.4. The third kappa shape index (κ3) is 6.75. The molecule has 0 radical (unpaired) electrons. The summed E-state index contributed by atoms with van der Waals surface area (Å²) in [6.07, 6.45) is 0.577. The zero-order chi connectivity index (χ0) is 34.2. The second-order valence-electron chi connectivity index (χ2n) is 13.4. The molecule has 0 saturated heterocycles. The van der Waals surface area contributed by atoms with Gasteiger partial charge in [-0.1, -0.05) is 59.7 Å². The average Bonchev–Trinajstić information content (AvgIpc) is 3.21. The van der Waals surface area contributed by atoms with Crippen LogP contribution in [0.3, 0.4) is 0 Å². The predicted molar refractivity (Wildman–Crippen MR) is 202 cm³/mol. The van der Waals surface area contributed by atoms with Crippen molar-refractivity contribution in [2.24, 2.45) is 15.0 Å². The monoisotopic (exact) mass is 632 g/mol. The number of fused-ring (bicyclic) bond motifs is 1. The third-order valence-electron chi connectivity index (χ3n) is 9.02. The maximum atomic E-state index is 5.21. The van der Waals surface area contributed by atoms with Crippen LogP contribution in [0.4, 0.5) is 22.7 Å². The second-order valence-corrected chi connectivity index (χ2v) is 13.4. The molecule has 1 N–H and O–H groups in total. The minimum atomic E-state index is -0.575. The SMILES string of the molecule is CC(=Nc1c(C)cc(C)cc1C)c1cccc(C2=Nc3ccccc3NC(C)(c3cccc(C(C)=Nc4c(C)cc(C)cc4C)n3)C2)n1. The molecule has 6 rings (SSSR count). The van der Waals surface area contributed by atoms with Crippen LogP contribution < -0.4 is 5.32 Å². The Kier molecular flexibility index (Phi) is 8.93. The lowest BCUT2D eigenvalue weighted by Crippen LogP contribution is -2.35. The Bertz CT molecular complexity index is 2090. The van der Waals surface area contributed by atoms with E-state index in [9.17, 15) is 0 Å². The Hall–Kier alpha value is -5.23. The first kappa shape index (κ1) is 32.7. The minimum Gasteiger partial charge on any atom is -0.372 e. The van der Waals surface area contributed by atoms with E-state index in [4.69, 9.17) is 24.9 Å². The van der Waals surface area contributed by atoms with Crippen LogP contribution in [0.5, 0.6) is 0 Å². The number of hydrogen-bond donors (Lipinski definition) is 1. The topological polar surface area (TPSA) is 74.9 Å². The summed E-state index contributed by atoms with van der Waals surface area (Å²) in [6.45, 7) is 19.0. The lowest BCUT2D eigenvalue weighted by molar-refractivity contribution is 0.551. The minimum absolute atomic E-state index is 0.575. The van der Waals surface area contributed by atoms with Crippen LogP contribution in [0.1, 0.15) is 83.3 Å². The number of benzene rings is 3. The summed E-state index contributed by atoms with van der Waals surface area (Å²) in [7, 11) is 0. The maximum Gasteiger partial charge on any atom is 0.0865 e. The highest BCUT2D eigenvalue weighted by molar-refractivity contribution is 6.05. The van der Waals surface area contributed by atoms with Gasteiger partial charge in [0.05, 0.1) is 68.2 Å². The molecule has 0 spiro atoms. The number of aliphatic imine (C=N–C) groups is 3. The van der Waals surface area contributed by atoms with E-state index in [2.05, 4.69) is 96.2 Å². The Morgan fingerprint density at radius 1 is 0.646 bits per heavy atom. The average molecular weight is 633 g/mol. The summed E-state index contributed by atoms with van der Waals surface area (Å²) < 4.78 is 0. The van der Waals surface area contributed by atoms with E-state index >= 15 is 0 Å². The molecule has 5 aromatic rings. The molecule has 48 heavy (non-hydrogen) atoms. The van der Waals surface area contributed by atoms with Crippen molar-refractivity contribution >= 4 is 39.9 Å². The van der Waals surface area contributed by atoms with Crippen molar-refractivity contribution in [1.82, 2.24) is 9.97 Å². The molecular formula is C42H44N6. The van der Waals surface area contributed by atoms with E-state index in [1.807, 2.05) is 56.3 Å². The first-order valence-electron chi connectivity index (χ1n) is 16.6. The van der Waals surface area contributed by atoms with Gasteiger partial charge in [-0.25, -0.2) is 15.0 Å². The standard InChI is InChI=1S/C42H44N6/c1-25-20-27(3)40(28(4)21-25)43-31(7)33-16-12-18-36(45-33)38-24-42(9,48-37-15-11-10-14-35(37)46-38)39-19-13-17-34(47-39)32(8)44-41-29(5)22-26(2)23-30(41)6/h10-23,48H,24H2,1-9H3. The van der Waals surface area contributed by atoms with Crippen molar-refractivity contribution in [1.29, 1.82) is 0 Å². The lowest BCUT2D eigenvalue weighted by Gasteiger charge is -2.31. The van der Waals surface area contributed by atoms with Crippen LogP contribution in [0.2, 0.25) is 0 Å². The first-order chi connectivity index (χ1) is 22.9.